The summed E-state index contributed by atoms with van der Waals surface area (Å²) in [6.07, 6.45) is 0.988. The van der Waals surface area contributed by atoms with Crippen molar-refractivity contribution in [1.29, 1.82) is 0 Å². The van der Waals surface area contributed by atoms with Gasteiger partial charge in [-0.05, 0) is 29.8 Å². The molecule has 0 aliphatic carbocycles. The lowest BCUT2D eigenvalue weighted by Gasteiger charge is -2.02. The van der Waals surface area contributed by atoms with Crippen molar-refractivity contribution >= 4 is 29.0 Å². The summed E-state index contributed by atoms with van der Waals surface area (Å²) < 4.78 is 5.41. The minimum Gasteiger partial charge on any atom is -0.458 e. The zero-order valence-electron chi connectivity index (χ0n) is 9.87. The number of benzene rings is 1. The lowest BCUT2D eigenvalue weighted by atomic mass is 10.1. The van der Waals surface area contributed by atoms with Crippen LogP contribution in [0.25, 0.3) is 0 Å². The fourth-order valence-electron chi connectivity index (χ4n) is 1.64. The van der Waals surface area contributed by atoms with E-state index in [0.29, 0.717) is 15.8 Å². The van der Waals surface area contributed by atoms with Gasteiger partial charge in [0.1, 0.15) is 5.76 Å². The summed E-state index contributed by atoms with van der Waals surface area (Å²) in [6.45, 7) is 1.98. The van der Waals surface area contributed by atoms with Crippen LogP contribution >= 0.6 is 23.2 Å². The highest BCUT2D eigenvalue weighted by atomic mass is 35.5. The number of aryl methyl sites for hydroxylation is 1. The van der Waals surface area contributed by atoms with Crippen molar-refractivity contribution < 1.29 is 9.21 Å². The summed E-state index contributed by atoms with van der Waals surface area (Å²) in [6, 6.07) is 8.62. The number of ketones is 1. The van der Waals surface area contributed by atoms with Crippen LogP contribution in [0, 0.1) is 0 Å². The Morgan fingerprint density at radius 3 is 2.61 bits per heavy atom. The van der Waals surface area contributed by atoms with Crippen molar-refractivity contribution in [3.8, 4) is 0 Å². The zero-order valence-corrected chi connectivity index (χ0v) is 11.4. The quantitative estimate of drug-likeness (QED) is 0.769. The molecule has 0 saturated heterocycles. The number of carbonyl (C=O) groups is 1. The molecule has 1 aromatic carbocycles. The molecule has 1 aromatic heterocycles. The van der Waals surface area contributed by atoms with Crippen LogP contribution in [0.1, 0.15) is 28.8 Å². The second kappa shape index (κ2) is 5.59. The van der Waals surface area contributed by atoms with Gasteiger partial charge in [0.05, 0.1) is 0 Å². The third-order valence-corrected chi connectivity index (χ3v) is 3.24. The zero-order chi connectivity index (χ0) is 13.1. The molecule has 0 N–H and O–H groups in total. The molecule has 0 aliphatic rings. The predicted molar refractivity (Wildman–Crippen MR) is 72.6 cm³/mol. The van der Waals surface area contributed by atoms with Gasteiger partial charge < -0.3 is 4.42 Å². The molecule has 94 valence electrons. The van der Waals surface area contributed by atoms with Gasteiger partial charge in [0.15, 0.2) is 5.76 Å². The summed E-state index contributed by atoms with van der Waals surface area (Å²) in [7, 11) is 0. The van der Waals surface area contributed by atoms with Crippen molar-refractivity contribution in [3.05, 3.63) is 57.5 Å². The molecule has 0 fully saturated rings. The molecule has 18 heavy (non-hydrogen) atoms. The van der Waals surface area contributed by atoms with Gasteiger partial charge in [-0.25, -0.2) is 0 Å². The van der Waals surface area contributed by atoms with Crippen LogP contribution in [0.15, 0.2) is 34.7 Å². The molecule has 0 saturated carbocycles. The molecule has 2 rings (SSSR count). The van der Waals surface area contributed by atoms with Crippen LogP contribution < -0.4 is 0 Å². The van der Waals surface area contributed by atoms with Crippen molar-refractivity contribution in [3.63, 3.8) is 0 Å². The highest BCUT2D eigenvalue weighted by molar-refractivity contribution is 6.35. The van der Waals surface area contributed by atoms with Crippen molar-refractivity contribution in [2.75, 3.05) is 0 Å². The second-order valence-electron chi connectivity index (χ2n) is 3.96. The van der Waals surface area contributed by atoms with Gasteiger partial charge in [0.25, 0.3) is 0 Å². The summed E-state index contributed by atoms with van der Waals surface area (Å²) in [5, 5.41) is 1.06. The number of rotatable bonds is 4. The Bertz CT molecular complexity index is 573. The summed E-state index contributed by atoms with van der Waals surface area (Å²) in [5.74, 6) is 1.09. The number of halogens is 2. The average Bonchev–Trinajstić information content (AvgIpc) is 2.81. The Morgan fingerprint density at radius 1 is 1.22 bits per heavy atom. The second-order valence-corrected chi connectivity index (χ2v) is 4.80. The van der Waals surface area contributed by atoms with E-state index in [9.17, 15) is 4.79 Å². The molecule has 0 amide bonds. The molecule has 0 atom stereocenters. The summed E-state index contributed by atoms with van der Waals surface area (Å²) in [5.41, 5.74) is 0.750. The van der Waals surface area contributed by atoms with Crippen LogP contribution in [0.4, 0.5) is 0 Å². The van der Waals surface area contributed by atoms with E-state index in [1.807, 2.05) is 13.0 Å². The Morgan fingerprint density at radius 2 is 2.00 bits per heavy atom. The standard InChI is InChI=1S/C14H12Cl2O2/c1-2-11-5-6-14(18-11)13(17)7-9-3-4-10(15)8-12(9)16/h3-6,8H,2,7H2,1H3. The minimum absolute atomic E-state index is 0.0843. The maximum atomic E-state index is 12.0. The normalized spacial score (nSPS) is 10.6. The molecule has 4 heteroatoms. The van der Waals surface area contributed by atoms with E-state index in [0.717, 1.165) is 17.7 Å². The van der Waals surface area contributed by atoms with Gasteiger partial charge in [-0.3, -0.25) is 4.79 Å². The fraction of sp³-hybridized carbons (Fsp3) is 0.214. The van der Waals surface area contributed by atoms with Crippen LogP contribution in [-0.4, -0.2) is 5.78 Å². The maximum absolute atomic E-state index is 12.0. The molecular formula is C14H12Cl2O2. The molecule has 0 unspecified atom stereocenters. The molecule has 1 heterocycles. The largest absolute Gasteiger partial charge is 0.458 e. The smallest absolute Gasteiger partial charge is 0.202 e. The van der Waals surface area contributed by atoms with Gasteiger partial charge >= 0.3 is 0 Å². The molecule has 2 aromatic rings. The lowest BCUT2D eigenvalue weighted by molar-refractivity contribution is 0.0965. The Balaban J connectivity index is 2.16. The number of furan rings is 1. The summed E-state index contributed by atoms with van der Waals surface area (Å²) in [4.78, 5) is 12.0. The van der Waals surface area contributed by atoms with E-state index in [1.165, 1.54) is 0 Å². The van der Waals surface area contributed by atoms with Crippen molar-refractivity contribution in [2.24, 2.45) is 0 Å². The van der Waals surface area contributed by atoms with Crippen LogP contribution in [0.5, 0.6) is 0 Å². The molecule has 0 bridgehead atoms. The van der Waals surface area contributed by atoms with Gasteiger partial charge in [0, 0.05) is 22.9 Å². The Kier molecular flexibility index (Phi) is 4.10. The van der Waals surface area contributed by atoms with Crippen LogP contribution in [0.3, 0.4) is 0 Å². The number of Topliss-reactive ketones (excluding diaryl/α,β-unsaturated/α-hetero) is 1. The first-order valence-corrected chi connectivity index (χ1v) is 6.41. The summed E-state index contributed by atoms with van der Waals surface area (Å²) >= 11 is 11.8. The van der Waals surface area contributed by atoms with E-state index < -0.39 is 0 Å². The average molecular weight is 283 g/mol. The van der Waals surface area contributed by atoms with Crippen molar-refractivity contribution in [2.45, 2.75) is 19.8 Å². The SMILES string of the molecule is CCc1ccc(C(=O)Cc2ccc(Cl)cc2Cl)o1. The van der Waals surface area contributed by atoms with Gasteiger partial charge in [0.2, 0.25) is 5.78 Å². The first-order valence-electron chi connectivity index (χ1n) is 5.66. The highest BCUT2D eigenvalue weighted by Crippen LogP contribution is 2.22. The Hall–Kier alpha value is -1.25. The first-order chi connectivity index (χ1) is 8.60. The predicted octanol–water partition coefficient (Wildman–Crippen LogP) is 4.57. The van der Waals surface area contributed by atoms with E-state index in [2.05, 4.69) is 0 Å². The molecule has 0 radical (unpaired) electrons. The Labute approximate surface area is 116 Å². The third-order valence-electron chi connectivity index (χ3n) is 2.65. The molecule has 0 spiro atoms. The van der Waals surface area contributed by atoms with Crippen LogP contribution in [-0.2, 0) is 12.8 Å². The van der Waals surface area contributed by atoms with E-state index in [-0.39, 0.29) is 12.2 Å². The van der Waals surface area contributed by atoms with Crippen molar-refractivity contribution in [1.82, 2.24) is 0 Å². The topological polar surface area (TPSA) is 30.2 Å². The van der Waals surface area contributed by atoms with E-state index in [1.54, 1.807) is 24.3 Å². The number of carbonyl (C=O) groups excluding carboxylic acids is 1. The molecule has 2 nitrogen and oxygen atoms in total. The monoisotopic (exact) mass is 282 g/mol. The third kappa shape index (κ3) is 2.95. The maximum Gasteiger partial charge on any atom is 0.202 e. The van der Waals surface area contributed by atoms with Crippen LogP contribution in [0.2, 0.25) is 10.0 Å². The van der Waals surface area contributed by atoms with Gasteiger partial charge in [-0.2, -0.15) is 0 Å². The number of hydrogen-bond acceptors (Lipinski definition) is 2. The van der Waals surface area contributed by atoms with E-state index >= 15 is 0 Å². The van der Waals surface area contributed by atoms with Gasteiger partial charge in [-0.15, -0.1) is 0 Å². The van der Waals surface area contributed by atoms with E-state index in [4.69, 9.17) is 27.6 Å². The molecular weight excluding hydrogens is 271 g/mol. The molecule has 0 aliphatic heterocycles. The first kappa shape index (κ1) is 13.2. The minimum atomic E-state index is -0.0843. The lowest BCUT2D eigenvalue weighted by Crippen LogP contribution is -2.02. The van der Waals surface area contributed by atoms with Gasteiger partial charge in [-0.1, -0.05) is 36.2 Å². The highest BCUT2D eigenvalue weighted by Gasteiger charge is 2.13. The number of hydrogen-bond donors (Lipinski definition) is 0. The fourth-order valence-corrected chi connectivity index (χ4v) is 2.12.